The molecule has 0 bridgehead atoms. The predicted octanol–water partition coefficient (Wildman–Crippen LogP) is 1.37. The average Bonchev–Trinajstić information content (AvgIpc) is 2.18. The molecule has 0 heterocycles. The summed E-state index contributed by atoms with van der Waals surface area (Å²) >= 11 is 3.23. The van der Waals surface area contributed by atoms with Crippen molar-refractivity contribution in [2.45, 2.75) is 4.90 Å². The lowest BCUT2D eigenvalue weighted by molar-refractivity contribution is 0.579. The molecule has 0 aromatic heterocycles. The molecule has 7 heteroatoms. The summed E-state index contributed by atoms with van der Waals surface area (Å²) in [7, 11) is -1.60. The highest BCUT2D eigenvalue weighted by Gasteiger charge is 2.12. The second kappa shape index (κ2) is 7.24. The van der Waals surface area contributed by atoms with Crippen molar-refractivity contribution in [2.24, 2.45) is 0 Å². The van der Waals surface area contributed by atoms with E-state index >= 15 is 0 Å². The van der Waals surface area contributed by atoms with Crippen molar-refractivity contribution in [3.63, 3.8) is 0 Å². The van der Waals surface area contributed by atoms with E-state index in [1.54, 1.807) is 31.3 Å². The minimum atomic E-state index is -3.38. The lowest BCUT2D eigenvalue weighted by Crippen LogP contribution is -2.30. The zero-order valence-electron chi connectivity index (χ0n) is 8.73. The van der Waals surface area contributed by atoms with Crippen LogP contribution in [0.1, 0.15) is 0 Å². The Morgan fingerprint density at radius 1 is 1.31 bits per heavy atom. The number of likely N-dealkylation sites (N-methyl/N-ethyl adjacent to an activating group) is 1. The molecule has 0 amide bonds. The molecule has 16 heavy (non-hydrogen) atoms. The number of rotatable bonds is 5. The third-order valence-electron chi connectivity index (χ3n) is 1.77. The summed E-state index contributed by atoms with van der Waals surface area (Å²) in [5.74, 6) is 0. The van der Waals surface area contributed by atoms with E-state index in [-0.39, 0.29) is 17.3 Å². The maximum atomic E-state index is 11.7. The fraction of sp³-hybridized carbons (Fsp3) is 0.333. The number of hydrogen-bond acceptors (Lipinski definition) is 3. The van der Waals surface area contributed by atoms with Crippen molar-refractivity contribution in [1.82, 2.24) is 10.0 Å². The summed E-state index contributed by atoms with van der Waals surface area (Å²) < 4.78 is 26.6. The first-order valence-corrected chi connectivity index (χ1v) is 6.74. The normalized spacial score (nSPS) is 10.9. The standard InChI is InChI=1S/C9H13BrN2O2S.ClH/c1-11-5-6-12-15(13,14)9-4-2-3-8(10)7-9;/h2-4,7,11-12H,5-6H2,1H3;1H. The van der Waals surface area contributed by atoms with Crippen LogP contribution in [0, 0.1) is 0 Å². The summed E-state index contributed by atoms with van der Waals surface area (Å²) in [5.41, 5.74) is 0. The first-order valence-electron chi connectivity index (χ1n) is 4.46. The van der Waals surface area contributed by atoms with Crippen LogP contribution >= 0.6 is 28.3 Å². The number of sulfonamides is 1. The van der Waals surface area contributed by atoms with E-state index in [9.17, 15) is 8.42 Å². The van der Waals surface area contributed by atoms with Gasteiger partial charge in [0.05, 0.1) is 4.90 Å². The van der Waals surface area contributed by atoms with Gasteiger partial charge in [0.1, 0.15) is 0 Å². The minimum Gasteiger partial charge on any atom is -0.318 e. The molecule has 0 aliphatic heterocycles. The molecule has 0 spiro atoms. The lowest BCUT2D eigenvalue weighted by Gasteiger charge is -2.06. The molecular weight excluding hydrogens is 316 g/mol. The van der Waals surface area contributed by atoms with Crippen LogP contribution in [0.4, 0.5) is 0 Å². The molecule has 0 aliphatic rings. The lowest BCUT2D eigenvalue weighted by atomic mass is 10.4. The third-order valence-corrected chi connectivity index (χ3v) is 3.73. The topological polar surface area (TPSA) is 58.2 Å². The monoisotopic (exact) mass is 328 g/mol. The van der Waals surface area contributed by atoms with Gasteiger partial charge >= 0.3 is 0 Å². The van der Waals surface area contributed by atoms with Crippen molar-refractivity contribution in [3.8, 4) is 0 Å². The zero-order valence-corrected chi connectivity index (χ0v) is 12.0. The Morgan fingerprint density at radius 3 is 2.56 bits per heavy atom. The van der Waals surface area contributed by atoms with Crippen LogP contribution < -0.4 is 10.0 Å². The molecule has 2 N–H and O–H groups in total. The summed E-state index contributed by atoms with van der Waals surface area (Å²) in [6.45, 7) is 0.985. The highest BCUT2D eigenvalue weighted by molar-refractivity contribution is 9.10. The van der Waals surface area contributed by atoms with Crippen LogP contribution in [0.2, 0.25) is 0 Å². The van der Waals surface area contributed by atoms with Crippen LogP contribution in [-0.4, -0.2) is 28.6 Å². The summed E-state index contributed by atoms with van der Waals surface area (Å²) in [5, 5.41) is 2.87. The Bertz CT molecular complexity index is 425. The average molecular weight is 330 g/mol. The van der Waals surface area contributed by atoms with Crippen LogP contribution in [-0.2, 0) is 10.0 Å². The SMILES string of the molecule is CNCCNS(=O)(=O)c1cccc(Br)c1.Cl. The van der Waals surface area contributed by atoms with Crippen molar-refractivity contribution in [3.05, 3.63) is 28.7 Å². The Balaban J connectivity index is 0.00000225. The molecule has 0 saturated carbocycles. The summed E-state index contributed by atoms with van der Waals surface area (Å²) in [6, 6.07) is 6.61. The molecule has 1 aromatic rings. The van der Waals surface area contributed by atoms with Gasteiger partial charge in [-0.2, -0.15) is 0 Å². The van der Waals surface area contributed by atoms with Crippen LogP contribution in [0.3, 0.4) is 0 Å². The highest BCUT2D eigenvalue weighted by atomic mass is 79.9. The number of halogens is 2. The van der Waals surface area contributed by atoms with E-state index in [2.05, 4.69) is 26.0 Å². The number of hydrogen-bond donors (Lipinski definition) is 2. The van der Waals surface area contributed by atoms with Gasteiger partial charge in [-0.15, -0.1) is 12.4 Å². The molecule has 0 fully saturated rings. The van der Waals surface area contributed by atoms with Crippen molar-refractivity contribution in [1.29, 1.82) is 0 Å². The quantitative estimate of drug-likeness (QED) is 0.802. The Morgan fingerprint density at radius 2 is 2.00 bits per heavy atom. The fourth-order valence-corrected chi connectivity index (χ4v) is 2.66. The van der Waals surface area contributed by atoms with Gasteiger partial charge in [-0.25, -0.2) is 13.1 Å². The third kappa shape index (κ3) is 4.80. The minimum absolute atomic E-state index is 0. The summed E-state index contributed by atoms with van der Waals surface area (Å²) in [6.07, 6.45) is 0. The van der Waals surface area contributed by atoms with E-state index < -0.39 is 10.0 Å². The molecular formula is C9H14BrClN2O2S. The van der Waals surface area contributed by atoms with Crippen LogP contribution in [0.5, 0.6) is 0 Å². The first-order chi connectivity index (χ1) is 7.06. The van der Waals surface area contributed by atoms with Crippen molar-refractivity contribution in [2.75, 3.05) is 20.1 Å². The van der Waals surface area contributed by atoms with Gasteiger partial charge in [-0.3, -0.25) is 0 Å². The summed E-state index contributed by atoms with van der Waals surface area (Å²) in [4.78, 5) is 0.271. The molecule has 92 valence electrons. The van der Waals surface area contributed by atoms with Crippen LogP contribution in [0.15, 0.2) is 33.6 Å². The number of nitrogens with one attached hydrogen (secondary N) is 2. The largest absolute Gasteiger partial charge is 0.318 e. The van der Waals surface area contributed by atoms with Gasteiger partial charge in [0, 0.05) is 17.6 Å². The molecule has 0 radical (unpaired) electrons. The number of benzene rings is 1. The Kier molecular flexibility index (Phi) is 7.17. The van der Waals surface area contributed by atoms with E-state index in [4.69, 9.17) is 0 Å². The fourth-order valence-electron chi connectivity index (χ4n) is 1.03. The smallest absolute Gasteiger partial charge is 0.240 e. The van der Waals surface area contributed by atoms with Gasteiger partial charge in [0.25, 0.3) is 0 Å². The van der Waals surface area contributed by atoms with Gasteiger partial charge in [-0.1, -0.05) is 22.0 Å². The van der Waals surface area contributed by atoms with E-state index in [0.717, 1.165) is 4.47 Å². The maximum absolute atomic E-state index is 11.7. The van der Waals surface area contributed by atoms with Crippen molar-refractivity contribution < 1.29 is 8.42 Å². The molecule has 0 aliphatic carbocycles. The molecule has 0 saturated heterocycles. The van der Waals surface area contributed by atoms with Crippen LogP contribution in [0.25, 0.3) is 0 Å². The van der Waals surface area contributed by atoms with E-state index in [1.165, 1.54) is 0 Å². The van der Waals surface area contributed by atoms with Gasteiger partial charge < -0.3 is 5.32 Å². The predicted molar refractivity (Wildman–Crippen MR) is 70.5 cm³/mol. The van der Waals surface area contributed by atoms with Gasteiger partial charge in [0.15, 0.2) is 0 Å². The zero-order chi connectivity index (χ0) is 11.3. The first kappa shape index (κ1) is 15.9. The molecule has 1 rings (SSSR count). The Labute approximate surface area is 110 Å². The highest BCUT2D eigenvalue weighted by Crippen LogP contribution is 2.15. The van der Waals surface area contributed by atoms with E-state index in [0.29, 0.717) is 13.1 Å². The maximum Gasteiger partial charge on any atom is 0.240 e. The Hall–Kier alpha value is -0.140. The molecule has 0 unspecified atom stereocenters. The van der Waals surface area contributed by atoms with Crippen molar-refractivity contribution >= 4 is 38.4 Å². The second-order valence-electron chi connectivity index (χ2n) is 2.96. The second-order valence-corrected chi connectivity index (χ2v) is 5.64. The molecule has 0 atom stereocenters. The molecule has 1 aromatic carbocycles. The van der Waals surface area contributed by atoms with Gasteiger partial charge in [-0.05, 0) is 25.2 Å². The molecule has 4 nitrogen and oxygen atoms in total. The van der Waals surface area contributed by atoms with Gasteiger partial charge in [0.2, 0.25) is 10.0 Å². The van der Waals surface area contributed by atoms with E-state index in [1.807, 2.05) is 0 Å².